The van der Waals surface area contributed by atoms with Crippen LogP contribution in [0.5, 0.6) is 0 Å². The van der Waals surface area contributed by atoms with Crippen molar-refractivity contribution < 1.29 is 4.39 Å². The molecule has 0 spiro atoms. The van der Waals surface area contributed by atoms with Crippen molar-refractivity contribution in [3.8, 4) is 11.3 Å². The van der Waals surface area contributed by atoms with E-state index in [4.69, 9.17) is 10.8 Å². The third kappa shape index (κ3) is 3.31. The number of nitrogen functional groups attached to an aromatic ring is 1. The first kappa shape index (κ1) is 17.7. The summed E-state index contributed by atoms with van der Waals surface area (Å²) in [6.45, 7) is 0.894. The van der Waals surface area contributed by atoms with Crippen LogP contribution in [0.1, 0.15) is 30.9 Å². The Morgan fingerprint density at radius 2 is 1.86 bits per heavy atom. The lowest BCUT2D eigenvalue weighted by atomic mass is 9.95. The molecule has 0 amide bonds. The largest absolute Gasteiger partial charge is 0.399 e. The van der Waals surface area contributed by atoms with E-state index in [0.29, 0.717) is 0 Å². The third-order valence-corrected chi connectivity index (χ3v) is 5.59. The van der Waals surface area contributed by atoms with Gasteiger partial charge in [-0.3, -0.25) is 0 Å². The highest BCUT2D eigenvalue weighted by Gasteiger charge is 2.26. The van der Waals surface area contributed by atoms with Crippen LogP contribution in [0.15, 0.2) is 66.9 Å². The van der Waals surface area contributed by atoms with E-state index in [1.165, 1.54) is 6.07 Å². The number of hydrogen-bond donors (Lipinski definition) is 1. The number of benzene rings is 2. The van der Waals surface area contributed by atoms with Crippen LogP contribution in [0.3, 0.4) is 0 Å². The molecule has 1 fully saturated rings. The molecule has 5 nitrogen and oxygen atoms in total. The number of nitrogens with zero attached hydrogens (tertiary/aromatic N) is 4. The van der Waals surface area contributed by atoms with Crippen LogP contribution in [0.2, 0.25) is 0 Å². The maximum absolute atomic E-state index is 13.8. The van der Waals surface area contributed by atoms with Crippen molar-refractivity contribution >= 4 is 17.2 Å². The van der Waals surface area contributed by atoms with Gasteiger partial charge in [0.15, 0.2) is 5.65 Å². The predicted molar refractivity (Wildman–Crippen MR) is 113 cm³/mol. The fourth-order valence-electron chi connectivity index (χ4n) is 4.13. The standard InChI is InChI=1S/C23H22FN5/c24-18-5-3-4-17(14-18)20-6-1-2-13-28(20)23-12-11-22-26-15-21(29(22)27-23)16-7-9-19(25)10-8-16/h3-5,7-12,14-15,20H,1-2,6,13,25H2/t20-/m1/s1. The average Bonchev–Trinajstić information content (AvgIpc) is 3.17. The molecular weight excluding hydrogens is 365 g/mol. The van der Waals surface area contributed by atoms with Crippen LogP contribution < -0.4 is 10.6 Å². The van der Waals surface area contributed by atoms with Gasteiger partial charge in [0, 0.05) is 17.8 Å². The minimum absolute atomic E-state index is 0.118. The maximum atomic E-state index is 13.8. The minimum Gasteiger partial charge on any atom is -0.399 e. The summed E-state index contributed by atoms with van der Waals surface area (Å²) < 4.78 is 15.7. The summed E-state index contributed by atoms with van der Waals surface area (Å²) in [7, 11) is 0. The highest BCUT2D eigenvalue weighted by atomic mass is 19.1. The van der Waals surface area contributed by atoms with Crippen molar-refractivity contribution in [2.24, 2.45) is 0 Å². The molecule has 2 aromatic carbocycles. The van der Waals surface area contributed by atoms with Crippen molar-refractivity contribution in [2.75, 3.05) is 17.2 Å². The van der Waals surface area contributed by atoms with Crippen LogP contribution in [0, 0.1) is 5.82 Å². The van der Waals surface area contributed by atoms with Gasteiger partial charge in [0.05, 0.1) is 17.9 Å². The van der Waals surface area contributed by atoms with E-state index < -0.39 is 0 Å². The second-order valence-corrected chi connectivity index (χ2v) is 7.49. The third-order valence-electron chi connectivity index (χ3n) is 5.59. The summed E-state index contributed by atoms with van der Waals surface area (Å²) >= 11 is 0. The molecule has 0 radical (unpaired) electrons. The number of aromatic nitrogens is 3. The first-order chi connectivity index (χ1) is 14.2. The van der Waals surface area contributed by atoms with Gasteiger partial charge in [0.1, 0.15) is 11.6 Å². The van der Waals surface area contributed by atoms with Gasteiger partial charge in [-0.2, -0.15) is 0 Å². The van der Waals surface area contributed by atoms with Gasteiger partial charge in [-0.15, -0.1) is 5.10 Å². The lowest BCUT2D eigenvalue weighted by molar-refractivity contribution is 0.465. The van der Waals surface area contributed by atoms with E-state index in [0.717, 1.165) is 59.8 Å². The zero-order chi connectivity index (χ0) is 19.8. The van der Waals surface area contributed by atoms with E-state index in [-0.39, 0.29) is 11.9 Å². The normalized spacial score (nSPS) is 17.0. The van der Waals surface area contributed by atoms with Gasteiger partial charge < -0.3 is 10.6 Å². The predicted octanol–water partition coefficient (Wildman–Crippen LogP) is 4.85. The van der Waals surface area contributed by atoms with Crippen molar-refractivity contribution in [3.63, 3.8) is 0 Å². The number of nitrogens with two attached hydrogens (primary N) is 1. The zero-order valence-electron chi connectivity index (χ0n) is 16.0. The number of anilines is 2. The Morgan fingerprint density at radius 3 is 2.69 bits per heavy atom. The number of piperidine rings is 1. The summed E-state index contributed by atoms with van der Waals surface area (Å²) in [5.41, 5.74) is 10.3. The lowest BCUT2D eigenvalue weighted by Gasteiger charge is -2.37. The number of hydrogen-bond acceptors (Lipinski definition) is 4. The summed E-state index contributed by atoms with van der Waals surface area (Å²) in [6.07, 6.45) is 5.04. The quantitative estimate of drug-likeness (QED) is 0.511. The molecule has 0 saturated carbocycles. The Balaban J connectivity index is 1.56. The molecule has 146 valence electrons. The van der Waals surface area contributed by atoms with E-state index in [9.17, 15) is 4.39 Å². The Kier molecular flexibility index (Phi) is 4.39. The molecule has 1 saturated heterocycles. The fourth-order valence-corrected chi connectivity index (χ4v) is 4.13. The van der Waals surface area contributed by atoms with E-state index >= 15 is 0 Å². The molecule has 0 bridgehead atoms. The fraction of sp³-hybridized carbons (Fsp3) is 0.217. The molecule has 6 heteroatoms. The second kappa shape index (κ2) is 7.20. The van der Waals surface area contributed by atoms with Crippen LogP contribution in [-0.2, 0) is 0 Å². The highest BCUT2D eigenvalue weighted by molar-refractivity contribution is 5.65. The molecular formula is C23H22FN5. The molecule has 0 unspecified atom stereocenters. The van der Waals surface area contributed by atoms with Gasteiger partial charge in [-0.25, -0.2) is 13.9 Å². The molecule has 0 aliphatic carbocycles. The number of imidazole rings is 1. The molecule has 2 N–H and O–H groups in total. The monoisotopic (exact) mass is 387 g/mol. The van der Waals surface area contributed by atoms with Crippen LogP contribution >= 0.6 is 0 Å². The van der Waals surface area contributed by atoms with Gasteiger partial charge in [0.25, 0.3) is 0 Å². The smallest absolute Gasteiger partial charge is 0.154 e. The average molecular weight is 387 g/mol. The topological polar surface area (TPSA) is 59.5 Å². The summed E-state index contributed by atoms with van der Waals surface area (Å²) in [5, 5.41) is 4.91. The lowest BCUT2D eigenvalue weighted by Crippen LogP contribution is -2.34. The van der Waals surface area contributed by atoms with Crippen molar-refractivity contribution in [1.82, 2.24) is 14.6 Å². The molecule has 1 aliphatic rings. The van der Waals surface area contributed by atoms with E-state index in [1.54, 1.807) is 12.1 Å². The first-order valence-corrected chi connectivity index (χ1v) is 9.92. The van der Waals surface area contributed by atoms with Crippen molar-refractivity contribution in [1.29, 1.82) is 0 Å². The first-order valence-electron chi connectivity index (χ1n) is 9.92. The summed E-state index contributed by atoms with van der Waals surface area (Å²) in [6, 6.07) is 18.7. The second-order valence-electron chi connectivity index (χ2n) is 7.49. The number of rotatable bonds is 3. The van der Waals surface area contributed by atoms with E-state index in [1.807, 2.05) is 53.2 Å². The molecule has 2 aromatic heterocycles. The molecule has 3 heterocycles. The molecule has 5 rings (SSSR count). The number of fused-ring (bicyclic) bond motifs is 1. The van der Waals surface area contributed by atoms with Crippen LogP contribution in [0.25, 0.3) is 16.9 Å². The van der Waals surface area contributed by atoms with Gasteiger partial charge in [-0.1, -0.05) is 24.3 Å². The summed E-state index contributed by atoms with van der Waals surface area (Å²) in [4.78, 5) is 6.78. The molecule has 29 heavy (non-hydrogen) atoms. The zero-order valence-corrected chi connectivity index (χ0v) is 16.0. The Hall–Kier alpha value is -3.41. The molecule has 1 aliphatic heterocycles. The van der Waals surface area contributed by atoms with Crippen molar-refractivity contribution in [3.05, 3.63) is 78.2 Å². The summed E-state index contributed by atoms with van der Waals surface area (Å²) in [5.74, 6) is 0.679. The van der Waals surface area contributed by atoms with Gasteiger partial charge in [-0.05, 0) is 61.2 Å². The molecule has 1 atom stereocenters. The van der Waals surface area contributed by atoms with Gasteiger partial charge >= 0.3 is 0 Å². The Labute approximate surface area is 168 Å². The van der Waals surface area contributed by atoms with E-state index in [2.05, 4.69) is 9.88 Å². The Morgan fingerprint density at radius 1 is 1.00 bits per heavy atom. The minimum atomic E-state index is -0.198. The maximum Gasteiger partial charge on any atom is 0.154 e. The highest BCUT2D eigenvalue weighted by Crippen LogP contribution is 2.34. The van der Waals surface area contributed by atoms with Crippen molar-refractivity contribution in [2.45, 2.75) is 25.3 Å². The Bertz CT molecular complexity index is 1150. The SMILES string of the molecule is Nc1ccc(-c2cnc3ccc(N4CCCC[C@@H]4c4cccc(F)c4)nn23)cc1. The number of halogens is 1. The van der Waals surface area contributed by atoms with Crippen LogP contribution in [-0.4, -0.2) is 21.1 Å². The van der Waals surface area contributed by atoms with Crippen LogP contribution in [0.4, 0.5) is 15.9 Å². The van der Waals surface area contributed by atoms with Gasteiger partial charge in [0.2, 0.25) is 0 Å². The molecule has 4 aromatic rings.